The van der Waals surface area contributed by atoms with Crippen molar-refractivity contribution in [3.63, 3.8) is 0 Å². The molecule has 0 aliphatic rings. The van der Waals surface area contributed by atoms with Gasteiger partial charge in [-0.3, -0.25) is 24.8 Å². The summed E-state index contributed by atoms with van der Waals surface area (Å²) in [7, 11) is 0. The van der Waals surface area contributed by atoms with Gasteiger partial charge in [-0.1, -0.05) is 26.8 Å². The minimum atomic E-state index is -0.678. The van der Waals surface area contributed by atoms with Gasteiger partial charge in [-0.05, 0) is 6.07 Å². The number of carbonyl (C=O) groups is 1. The van der Waals surface area contributed by atoms with Crippen LogP contribution in [0.15, 0.2) is 42.9 Å². The highest BCUT2D eigenvalue weighted by atomic mass is 16.6. The smallest absolute Gasteiger partial charge is 0.271 e. The Hall–Kier alpha value is -2.83. The minimum Gasteiger partial charge on any atom is -0.273 e. The Morgan fingerprint density at radius 2 is 2.00 bits per heavy atom. The van der Waals surface area contributed by atoms with Crippen molar-refractivity contribution in [3.8, 4) is 0 Å². The van der Waals surface area contributed by atoms with Crippen molar-refractivity contribution in [2.75, 3.05) is 4.90 Å². The third kappa shape index (κ3) is 3.25. The number of hydrogen-bond acceptors (Lipinski definition) is 5. The summed E-state index contributed by atoms with van der Waals surface area (Å²) >= 11 is 0. The SMILES string of the molecule is CC(C)(C)C(=O)N(c1cccc([N+](=O)[O-])c1)c1cnccn1. The molecule has 0 radical (unpaired) electrons. The molecular formula is C15H16N4O3. The summed E-state index contributed by atoms with van der Waals surface area (Å²) < 4.78 is 0. The van der Waals surface area contributed by atoms with E-state index in [4.69, 9.17) is 0 Å². The number of hydrogen-bond donors (Lipinski definition) is 0. The average Bonchev–Trinajstić information content (AvgIpc) is 2.48. The van der Waals surface area contributed by atoms with Gasteiger partial charge in [0.25, 0.3) is 5.69 Å². The number of benzene rings is 1. The minimum absolute atomic E-state index is 0.0897. The van der Waals surface area contributed by atoms with E-state index in [0.29, 0.717) is 11.5 Å². The van der Waals surface area contributed by atoms with E-state index < -0.39 is 10.3 Å². The van der Waals surface area contributed by atoms with Crippen molar-refractivity contribution in [2.24, 2.45) is 5.41 Å². The standard InChI is InChI=1S/C15H16N4O3/c1-15(2,3)14(20)18(13-10-16-7-8-17-13)11-5-4-6-12(9-11)19(21)22/h4-10H,1-3H3. The first-order chi connectivity index (χ1) is 10.3. The third-order valence-electron chi connectivity index (χ3n) is 2.92. The van der Waals surface area contributed by atoms with Crippen LogP contribution >= 0.6 is 0 Å². The number of amides is 1. The normalized spacial score (nSPS) is 11.0. The van der Waals surface area contributed by atoms with Crippen LogP contribution < -0.4 is 4.90 Å². The predicted octanol–water partition coefficient (Wildman–Crippen LogP) is 3.10. The van der Waals surface area contributed by atoms with E-state index in [1.54, 1.807) is 26.8 Å². The molecule has 0 N–H and O–H groups in total. The molecule has 22 heavy (non-hydrogen) atoms. The van der Waals surface area contributed by atoms with E-state index in [9.17, 15) is 14.9 Å². The summed E-state index contributed by atoms with van der Waals surface area (Å²) in [6.07, 6.45) is 4.41. The van der Waals surface area contributed by atoms with Gasteiger partial charge in [0.15, 0.2) is 5.82 Å². The van der Waals surface area contributed by atoms with E-state index in [2.05, 4.69) is 9.97 Å². The Morgan fingerprint density at radius 3 is 2.55 bits per heavy atom. The van der Waals surface area contributed by atoms with Gasteiger partial charge >= 0.3 is 0 Å². The maximum atomic E-state index is 12.7. The Labute approximate surface area is 127 Å². The van der Waals surface area contributed by atoms with Crippen LogP contribution in [0.1, 0.15) is 20.8 Å². The Kier molecular flexibility index (Phi) is 4.16. The number of anilines is 2. The predicted molar refractivity (Wildman–Crippen MR) is 81.7 cm³/mol. The molecule has 7 nitrogen and oxygen atoms in total. The number of nitro benzene ring substituents is 1. The quantitative estimate of drug-likeness (QED) is 0.642. The van der Waals surface area contributed by atoms with Crippen LogP contribution in [0.3, 0.4) is 0 Å². The van der Waals surface area contributed by atoms with Gasteiger partial charge in [-0.25, -0.2) is 4.98 Å². The molecule has 1 aromatic carbocycles. The fourth-order valence-corrected chi connectivity index (χ4v) is 1.84. The summed E-state index contributed by atoms with van der Waals surface area (Å²) in [4.78, 5) is 32.6. The van der Waals surface area contributed by atoms with Crippen LogP contribution in [0.2, 0.25) is 0 Å². The second-order valence-corrected chi connectivity index (χ2v) is 5.73. The first-order valence-corrected chi connectivity index (χ1v) is 6.66. The van der Waals surface area contributed by atoms with Crippen molar-refractivity contribution in [1.29, 1.82) is 0 Å². The highest BCUT2D eigenvalue weighted by molar-refractivity contribution is 6.02. The molecule has 0 aliphatic carbocycles. The Bertz CT molecular complexity index is 695. The third-order valence-corrected chi connectivity index (χ3v) is 2.92. The lowest BCUT2D eigenvalue weighted by molar-refractivity contribution is -0.384. The van der Waals surface area contributed by atoms with Crippen LogP contribution in [0, 0.1) is 15.5 Å². The van der Waals surface area contributed by atoms with Crippen molar-refractivity contribution in [1.82, 2.24) is 9.97 Å². The Morgan fingerprint density at radius 1 is 1.27 bits per heavy atom. The summed E-state index contributed by atoms with van der Waals surface area (Å²) in [5.41, 5.74) is -0.384. The lowest BCUT2D eigenvalue weighted by Gasteiger charge is -2.28. The molecule has 1 aromatic heterocycles. The first-order valence-electron chi connectivity index (χ1n) is 6.66. The van der Waals surface area contributed by atoms with Crippen molar-refractivity contribution in [2.45, 2.75) is 20.8 Å². The number of nitro groups is 1. The number of non-ortho nitro benzene ring substituents is 1. The van der Waals surface area contributed by atoms with E-state index in [-0.39, 0.29) is 11.6 Å². The molecule has 0 fully saturated rings. The van der Waals surface area contributed by atoms with Gasteiger partial charge in [0.05, 0.1) is 16.8 Å². The summed E-state index contributed by atoms with van der Waals surface area (Å²) in [6.45, 7) is 5.32. The Balaban J connectivity index is 2.57. The lowest BCUT2D eigenvalue weighted by Crippen LogP contribution is -2.36. The number of nitrogens with zero attached hydrogens (tertiary/aromatic N) is 4. The van der Waals surface area contributed by atoms with Crippen LogP contribution in [0.5, 0.6) is 0 Å². The van der Waals surface area contributed by atoms with Crippen molar-refractivity contribution < 1.29 is 9.72 Å². The summed E-state index contributed by atoms with van der Waals surface area (Å²) in [5.74, 6) is 0.0939. The lowest BCUT2D eigenvalue weighted by atomic mass is 9.94. The zero-order chi connectivity index (χ0) is 16.3. The van der Waals surface area contributed by atoms with Crippen molar-refractivity contribution in [3.05, 3.63) is 53.0 Å². The van der Waals surface area contributed by atoms with Gasteiger partial charge in [0.2, 0.25) is 5.91 Å². The molecule has 0 unspecified atom stereocenters. The average molecular weight is 300 g/mol. The first kappa shape index (κ1) is 15.6. The highest BCUT2D eigenvalue weighted by Crippen LogP contribution is 2.31. The maximum absolute atomic E-state index is 12.7. The van der Waals surface area contributed by atoms with E-state index in [0.717, 1.165) is 0 Å². The zero-order valence-corrected chi connectivity index (χ0v) is 12.6. The molecular weight excluding hydrogens is 284 g/mol. The van der Waals surface area contributed by atoms with Crippen LogP contribution in [-0.4, -0.2) is 20.8 Å². The van der Waals surface area contributed by atoms with Crippen LogP contribution in [-0.2, 0) is 4.79 Å². The zero-order valence-electron chi connectivity index (χ0n) is 12.6. The molecule has 2 rings (SSSR count). The molecule has 114 valence electrons. The van der Waals surface area contributed by atoms with Gasteiger partial charge in [0.1, 0.15) is 0 Å². The fraction of sp³-hybridized carbons (Fsp3) is 0.267. The molecule has 0 saturated heterocycles. The van der Waals surface area contributed by atoms with Gasteiger partial charge in [-0.2, -0.15) is 0 Å². The molecule has 2 aromatic rings. The topological polar surface area (TPSA) is 89.2 Å². The van der Waals surface area contributed by atoms with Crippen LogP contribution in [0.4, 0.5) is 17.2 Å². The van der Waals surface area contributed by atoms with Crippen LogP contribution in [0.25, 0.3) is 0 Å². The number of aromatic nitrogens is 2. The fourth-order valence-electron chi connectivity index (χ4n) is 1.84. The van der Waals surface area contributed by atoms with E-state index in [1.807, 2.05) is 0 Å². The second kappa shape index (κ2) is 5.88. The monoisotopic (exact) mass is 300 g/mol. The number of rotatable bonds is 3. The number of carbonyl (C=O) groups excluding carboxylic acids is 1. The molecule has 0 spiro atoms. The molecule has 0 bridgehead atoms. The molecule has 0 atom stereocenters. The summed E-state index contributed by atoms with van der Waals surface area (Å²) in [6, 6.07) is 5.89. The van der Waals surface area contributed by atoms with Gasteiger partial charge in [0, 0.05) is 29.9 Å². The highest BCUT2D eigenvalue weighted by Gasteiger charge is 2.31. The molecule has 1 heterocycles. The van der Waals surface area contributed by atoms with Gasteiger partial charge in [-0.15, -0.1) is 0 Å². The molecule has 0 saturated carbocycles. The van der Waals surface area contributed by atoms with E-state index in [1.165, 1.54) is 41.7 Å². The largest absolute Gasteiger partial charge is 0.273 e. The summed E-state index contributed by atoms with van der Waals surface area (Å²) in [5, 5.41) is 11.0. The molecule has 1 amide bonds. The van der Waals surface area contributed by atoms with Gasteiger partial charge < -0.3 is 0 Å². The molecule has 0 aliphatic heterocycles. The second-order valence-electron chi connectivity index (χ2n) is 5.73. The maximum Gasteiger partial charge on any atom is 0.271 e. The molecule has 7 heteroatoms. The van der Waals surface area contributed by atoms with Crippen molar-refractivity contribution >= 4 is 23.1 Å². The van der Waals surface area contributed by atoms with E-state index >= 15 is 0 Å².